The van der Waals surface area contributed by atoms with Crippen LogP contribution in [0, 0.1) is 6.92 Å². The number of amides is 1. The SMILES string of the molecule is COC(=O)c1ccc(C)c(-c2ccc(/C=N\NC(=O)c3ccc(N4CCCC4)cc3)o2)c1. The fraction of sp³-hybridized carbons (Fsp3) is 0.240. The number of esters is 1. The number of nitrogens with one attached hydrogen (secondary N) is 1. The van der Waals surface area contributed by atoms with Crippen LogP contribution in [0.2, 0.25) is 0 Å². The first-order valence-corrected chi connectivity index (χ1v) is 10.5. The summed E-state index contributed by atoms with van der Waals surface area (Å²) in [4.78, 5) is 26.5. The summed E-state index contributed by atoms with van der Waals surface area (Å²) in [5.74, 6) is 0.379. The number of hydrazone groups is 1. The molecule has 1 aromatic heterocycles. The smallest absolute Gasteiger partial charge is 0.337 e. The Hall–Kier alpha value is -3.87. The highest BCUT2D eigenvalue weighted by Crippen LogP contribution is 2.26. The van der Waals surface area contributed by atoms with E-state index in [2.05, 4.69) is 15.4 Å². The molecule has 7 heteroatoms. The standard InChI is InChI=1S/C25H25N3O4/c1-17-5-6-19(25(30)31-2)15-22(17)23-12-11-21(32-23)16-26-27-24(29)18-7-9-20(10-8-18)28-13-3-4-14-28/h5-12,15-16H,3-4,13-14H2,1-2H3,(H,27,29)/b26-16-. The molecule has 1 N–H and O–H groups in total. The van der Waals surface area contributed by atoms with E-state index in [0.29, 0.717) is 22.6 Å². The third-order valence-corrected chi connectivity index (χ3v) is 5.51. The van der Waals surface area contributed by atoms with Crippen LogP contribution in [0.15, 0.2) is 64.1 Å². The van der Waals surface area contributed by atoms with Crippen LogP contribution < -0.4 is 10.3 Å². The monoisotopic (exact) mass is 431 g/mol. The molecule has 0 atom stereocenters. The van der Waals surface area contributed by atoms with E-state index < -0.39 is 5.97 Å². The van der Waals surface area contributed by atoms with E-state index in [4.69, 9.17) is 9.15 Å². The van der Waals surface area contributed by atoms with Gasteiger partial charge in [0.25, 0.3) is 5.91 Å². The van der Waals surface area contributed by atoms with Gasteiger partial charge in [-0.1, -0.05) is 6.07 Å². The van der Waals surface area contributed by atoms with Crippen LogP contribution in [-0.4, -0.2) is 38.3 Å². The molecule has 164 valence electrons. The number of carbonyl (C=O) groups is 2. The zero-order chi connectivity index (χ0) is 22.5. The van der Waals surface area contributed by atoms with Crippen molar-refractivity contribution < 1.29 is 18.7 Å². The predicted octanol–water partition coefficient (Wildman–Crippen LogP) is 4.41. The van der Waals surface area contributed by atoms with Crippen LogP contribution in [0.25, 0.3) is 11.3 Å². The van der Waals surface area contributed by atoms with Crippen molar-refractivity contribution in [2.75, 3.05) is 25.1 Å². The van der Waals surface area contributed by atoms with Crippen LogP contribution in [-0.2, 0) is 4.74 Å². The molecule has 1 saturated heterocycles. The molecule has 2 aromatic carbocycles. The van der Waals surface area contributed by atoms with Gasteiger partial charge in [0.15, 0.2) is 0 Å². The molecule has 1 amide bonds. The molecule has 0 spiro atoms. The maximum Gasteiger partial charge on any atom is 0.337 e. The Kier molecular flexibility index (Phi) is 6.35. The highest BCUT2D eigenvalue weighted by atomic mass is 16.5. The number of benzene rings is 2. The average Bonchev–Trinajstić information content (AvgIpc) is 3.51. The minimum absolute atomic E-state index is 0.289. The van der Waals surface area contributed by atoms with Crippen molar-refractivity contribution in [3.63, 3.8) is 0 Å². The zero-order valence-corrected chi connectivity index (χ0v) is 18.1. The second-order valence-electron chi connectivity index (χ2n) is 7.66. The molecule has 3 aromatic rings. The number of ether oxygens (including phenoxy) is 1. The van der Waals surface area contributed by atoms with Crippen LogP contribution in [0.3, 0.4) is 0 Å². The van der Waals surface area contributed by atoms with E-state index in [1.165, 1.54) is 26.2 Å². The lowest BCUT2D eigenvalue weighted by molar-refractivity contribution is 0.0600. The van der Waals surface area contributed by atoms with Gasteiger partial charge in [0.05, 0.1) is 18.9 Å². The topological polar surface area (TPSA) is 84.1 Å². The molecule has 1 fully saturated rings. The molecule has 2 heterocycles. The second-order valence-corrected chi connectivity index (χ2v) is 7.66. The summed E-state index contributed by atoms with van der Waals surface area (Å²) in [6.07, 6.45) is 3.86. The van der Waals surface area contributed by atoms with Crippen LogP contribution in [0.5, 0.6) is 0 Å². The predicted molar refractivity (Wildman–Crippen MR) is 123 cm³/mol. The summed E-state index contributed by atoms with van der Waals surface area (Å²) in [6.45, 7) is 4.06. The van der Waals surface area contributed by atoms with Gasteiger partial charge >= 0.3 is 5.97 Å². The van der Waals surface area contributed by atoms with Crippen molar-refractivity contribution in [1.29, 1.82) is 0 Å². The molecule has 0 unspecified atom stereocenters. The molecule has 7 nitrogen and oxygen atoms in total. The Balaban J connectivity index is 1.40. The zero-order valence-electron chi connectivity index (χ0n) is 18.1. The van der Waals surface area contributed by atoms with Crippen molar-refractivity contribution in [2.24, 2.45) is 5.10 Å². The van der Waals surface area contributed by atoms with E-state index in [0.717, 1.165) is 29.9 Å². The van der Waals surface area contributed by atoms with Gasteiger partial charge < -0.3 is 14.1 Å². The summed E-state index contributed by atoms with van der Waals surface area (Å²) in [5.41, 5.74) is 6.40. The van der Waals surface area contributed by atoms with Crippen molar-refractivity contribution >= 4 is 23.8 Å². The summed E-state index contributed by atoms with van der Waals surface area (Å²) in [7, 11) is 1.35. The molecule has 0 bridgehead atoms. The molecule has 4 rings (SSSR count). The second kappa shape index (κ2) is 9.51. The first kappa shape index (κ1) is 21.4. The summed E-state index contributed by atoms with van der Waals surface area (Å²) < 4.78 is 10.6. The number of aryl methyl sites for hydroxylation is 1. The highest BCUT2D eigenvalue weighted by Gasteiger charge is 2.14. The van der Waals surface area contributed by atoms with Gasteiger partial charge in [-0.3, -0.25) is 4.79 Å². The number of hydrogen-bond donors (Lipinski definition) is 1. The molecule has 32 heavy (non-hydrogen) atoms. The van der Waals surface area contributed by atoms with E-state index in [-0.39, 0.29) is 5.91 Å². The normalized spacial score (nSPS) is 13.5. The molecule has 1 aliphatic rings. The lowest BCUT2D eigenvalue weighted by Gasteiger charge is -2.17. The van der Waals surface area contributed by atoms with Gasteiger partial charge in [0.1, 0.15) is 11.5 Å². The quantitative estimate of drug-likeness (QED) is 0.355. The molecular weight excluding hydrogens is 406 g/mol. The van der Waals surface area contributed by atoms with E-state index in [9.17, 15) is 9.59 Å². The third-order valence-electron chi connectivity index (χ3n) is 5.51. The van der Waals surface area contributed by atoms with Gasteiger partial charge in [0, 0.05) is 29.9 Å². The van der Waals surface area contributed by atoms with Gasteiger partial charge in [-0.25, -0.2) is 10.2 Å². The number of hydrogen-bond acceptors (Lipinski definition) is 6. The number of nitrogens with zero attached hydrogens (tertiary/aromatic N) is 2. The minimum Gasteiger partial charge on any atom is -0.465 e. The van der Waals surface area contributed by atoms with Crippen molar-refractivity contribution in [3.8, 4) is 11.3 Å². The molecular formula is C25H25N3O4. The fourth-order valence-electron chi connectivity index (χ4n) is 3.72. The Labute approximate surface area is 186 Å². The van der Waals surface area contributed by atoms with Gasteiger partial charge in [-0.05, 0) is 73.9 Å². The summed E-state index contributed by atoms with van der Waals surface area (Å²) in [5, 5.41) is 4.00. The molecule has 1 aliphatic heterocycles. The first-order chi connectivity index (χ1) is 15.5. The van der Waals surface area contributed by atoms with Crippen LogP contribution in [0.1, 0.15) is 44.9 Å². The molecule has 0 aliphatic carbocycles. The highest BCUT2D eigenvalue weighted by molar-refractivity contribution is 5.95. The fourth-order valence-corrected chi connectivity index (χ4v) is 3.72. The van der Waals surface area contributed by atoms with E-state index in [1.807, 2.05) is 25.1 Å². The average molecular weight is 431 g/mol. The van der Waals surface area contributed by atoms with Gasteiger partial charge in [-0.2, -0.15) is 5.10 Å². The number of rotatable bonds is 6. The third kappa shape index (κ3) is 4.72. The van der Waals surface area contributed by atoms with Gasteiger partial charge in [-0.15, -0.1) is 0 Å². The Morgan fingerprint density at radius 2 is 1.75 bits per heavy atom. The number of anilines is 1. The largest absolute Gasteiger partial charge is 0.465 e. The maximum absolute atomic E-state index is 12.4. The Bertz CT molecular complexity index is 1140. The maximum atomic E-state index is 12.4. The van der Waals surface area contributed by atoms with Crippen molar-refractivity contribution in [3.05, 3.63) is 77.0 Å². The van der Waals surface area contributed by atoms with Crippen LogP contribution >= 0.6 is 0 Å². The Morgan fingerprint density at radius 3 is 2.47 bits per heavy atom. The van der Waals surface area contributed by atoms with Crippen molar-refractivity contribution in [2.45, 2.75) is 19.8 Å². The molecule has 0 saturated carbocycles. The summed E-state index contributed by atoms with van der Waals surface area (Å²) in [6, 6.07) is 16.4. The van der Waals surface area contributed by atoms with Crippen molar-refractivity contribution in [1.82, 2.24) is 5.43 Å². The lowest BCUT2D eigenvalue weighted by Crippen LogP contribution is -2.19. The van der Waals surface area contributed by atoms with Gasteiger partial charge in [0.2, 0.25) is 0 Å². The minimum atomic E-state index is -0.407. The number of methoxy groups -OCH3 is 1. The van der Waals surface area contributed by atoms with Crippen LogP contribution in [0.4, 0.5) is 5.69 Å². The number of furan rings is 1. The van der Waals surface area contributed by atoms with E-state index in [1.54, 1.807) is 36.4 Å². The summed E-state index contributed by atoms with van der Waals surface area (Å²) >= 11 is 0. The first-order valence-electron chi connectivity index (χ1n) is 10.5. The lowest BCUT2D eigenvalue weighted by atomic mass is 10.0. The van der Waals surface area contributed by atoms with E-state index >= 15 is 0 Å². The number of carbonyl (C=O) groups excluding carboxylic acids is 2. The molecule has 0 radical (unpaired) electrons. The Morgan fingerprint density at radius 1 is 1.03 bits per heavy atom.